The van der Waals surface area contributed by atoms with E-state index < -0.39 is 6.10 Å². The number of benzene rings is 1. The first-order valence-corrected chi connectivity index (χ1v) is 7.77. The molecule has 0 fully saturated rings. The molecule has 20 heavy (non-hydrogen) atoms. The molecule has 0 bridgehead atoms. The summed E-state index contributed by atoms with van der Waals surface area (Å²) in [5.74, 6) is 1.04. The number of aromatic nitrogens is 1. The Bertz CT molecular complexity index is 581. The molecule has 2 aromatic rings. The van der Waals surface area contributed by atoms with Gasteiger partial charge in [-0.25, -0.2) is 4.98 Å². The summed E-state index contributed by atoms with van der Waals surface area (Å²) in [6.45, 7) is 6.34. The maximum atomic E-state index is 9.49. The second-order valence-corrected chi connectivity index (χ2v) is 6.28. The van der Waals surface area contributed by atoms with Gasteiger partial charge in [0.2, 0.25) is 0 Å². The zero-order chi connectivity index (χ0) is 14.7. The molecular formula is C15H18ClNO2S. The Balaban J connectivity index is 2.03. The maximum absolute atomic E-state index is 9.49. The third-order valence-electron chi connectivity index (χ3n) is 2.88. The van der Waals surface area contributed by atoms with Crippen LogP contribution < -0.4 is 4.74 Å². The monoisotopic (exact) mass is 311 g/mol. The highest BCUT2D eigenvalue weighted by Crippen LogP contribution is 2.29. The van der Waals surface area contributed by atoms with Gasteiger partial charge < -0.3 is 9.84 Å². The molecule has 0 aliphatic carbocycles. The van der Waals surface area contributed by atoms with Crippen LogP contribution in [0.5, 0.6) is 5.75 Å². The molecule has 0 spiro atoms. The second kappa shape index (κ2) is 6.57. The molecule has 0 saturated carbocycles. The molecule has 1 aromatic carbocycles. The van der Waals surface area contributed by atoms with E-state index in [0.29, 0.717) is 23.3 Å². The van der Waals surface area contributed by atoms with Crippen LogP contribution in [-0.4, -0.2) is 10.1 Å². The van der Waals surface area contributed by atoms with Crippen LogP contribution in [0.1, 0.15) is 49.1 Å². The van der Waals surface area contributed by atoms with Gasteiger partial charge in [0.05, 0.1) is 21.8 Å². The number of thiazole rings is 1. The fourth-order valence-electron chi connectivity index (χ4n) is 1.70. The molecule has 0 radical (unpaired) electrons. The number of aliphatic hydroxyl groups excluding tert-OH is 1. The summed E-state index contributed by atoms with van der Waals surface area (Å²) < 4.78 is 5.68. The lowest BCUT2D eigenvalue weighted by Gasteiger charge is -2.10. The number of rotatable bonds is 5. The van der Waals surface area contributed by atoms with Crippen LogP contribution in [0.25, 0.3) is 0 Å². The van der Waals surface area contributed by atoms with Crippen molar-refractivity contribution in [1.82, 2.24) is 4.98 Å². The van der Waals surface area contributed by atoms with Crippen molar-refractivity contribution in [1.29, 1.82) is 0 Å². The highest BCUT2D eigenvalue weighted by molar-refractivity contribution is 7.09. The zero-order valence-electron chi connectivity index (χ0n) is 11.8. The Kier molecular flexibility index (Phi) is 5.02. The Labute approximate surface area is 128 Å². The lowest BCUT2D eigenvalue weighted by molar-refractivity contribution is 0.199. The van der Waals surface area contributed by atoms with Crippen molar-refractivity contribution in [3.63, 3.8) is 0 Å². The maximum Gasteiger partial charge on any atom is 0.138 e. The van der Waals surface area contributed by atoms with Gasteiger partial charge >= 0.3 is 0 Å². The summed E-state index contributed by atoms with van der Waals surface area (Å²) in [6.07, 6.45) is -0.534. The van der Waals surface area contributed by atoms with Crippen molar-refractivity contribution in [2.24, 2.45) is 0 Å². The molecule has 3 nitrogen and oxygen atoms in total. The van der Waals surface area contributed by atoms with Crippen LogP contribution in [0.2, 0.25) is 5.02 Å². The molecule has 1 unspecified atom stereocenters. The van der Waals surface area contributed by atoms with Crippen LogP contribution in [0.3, 0.4) is 0 Å². The van der Waals surface area contributed by atoms with E-state index in [0.717, 1.165) is 16.3 Å². The normalized spacial score (nSPS) is 12.7. The molecule has 108 valence electrons. The lowest BCUT2D eigenvalue weighted by Crippen LogP contribution is -1.98. The Hall–Kier alpha value is -1.10. The topological polar surface area (TPSA) is 42.4 Å². The fraction of sp³-hybridized carbons (Fsp3) is 0.400. The fourth-order valence-corrected chi connectivity index (χ4v) is 2.76. The number of ether oxygens (including phenoxy) is 1. The van der Waals surface area contributed by atoms with Gasteiger partial charge in [-0.15, -0.1) is 11.3 Å². The van der Waals surface area contributed by atoms with Gasteiger partial charge in [-0.3, -0.25) is 0 Å². The lowest BCUT2D eigenvalue weighted by atomic mass is 10.1. The molecule has 1 atom stereocenters. The van der Waals surface area contributed by atoms with E-state index in [1.807, 2.05) is 11.4 Å². The number of hydrogen-bond donors (Lipinski definition) is 1. The number of nitrogens with zero attached hydrogens (tertiary/aromatic N) is 1. The van der Waals surface area contributed by atoms with E-state index in [1.165, 1.54) is 0 Å². The first kappa shape index (κ1) is 15.3. The highest BCUT2D eigenvalue weighted by atomic mass is 35.5. The van der Waals surface area contributed by atoms with Crippen molar-refractivity contribution >= 4 is 22.9 Å². The predicted octanol–water partition coefficient (Wildman–Crippen LogP) is 4.55. The second-order valence-electron chi connectivity index (χ2n) is 4.99. The predicted molar refractivity (Wildman–Crippen MR) is 82.6 cm³/mol. The van der Waals surface area contributed by atoms with E-state index >= 15 is 0 Å². The Morgan fingerprint density at radius 1 is 1.35 bits per heavy atom. The summed E-state index contributed by atoms with van der Waals surface area (Å²) in [5.41, 5.74) is 1.69. The summed E-state index contributed by atoms with van der Waals surface area (Å²) >= 11 is 7.79. The highest BCUT2D eigenvalue weighted by Gasteiger charge is 2.09. The molecule has 5 heteroatoms. The van der Waals surface area contributed by atoms with E-state index in [2.05, 4.69) is 18.8 Å². The van der Waals surface area contributed by atoms with Gasteiger partial charge in [0, 0.05) is 11.3 Å². The first-order valence-electron chi connectivity index (χ1n) is 6.52. The minimum Gasteiger partial charge on any atom is -0.486 e. The van der Waals surface area contributed by atoms with Gasteiger partial charge in [-0.1, -0.05) is 31.5 Å². The Morgan fingerprint density at radius 2 is 2.10 bits per heavy atom. The molecule has 1 heterocycles. The van der Waals surface area contributed by atoms with Crippen LogP contribution in [0.4, 0.5) is 0 Å². The molecule has 1 N–H and O–H groups in total. The van der Waals surface area contributed by atoms with Crippen LogP contribution >= 0.6 is 22.9 Å². The molecule has 1 aromatic heterocycles. The average Bonchev–Trinajstić information content (AvgIpc) is 2.86. The van der Waals surface area contributed by atoms with Gasteiger partial charge in [0.1, 0.15) is 12.4 Å². The minimum atomic E-state index is -0.534. The Morgan fingerprint density at radius 3 is 2.65 bits per heavy atom. The summed E-state index contributed by atoms with van der Waals surface area (Å²) in [5, 5.41) is 13.1. The van der Waals surface area contributed by atoms with Crippen molar-refractivity contribution in [2.45, 2.75) is 39.4 Å². The van der Waals surface area contributed by atoms with E-state index in [-0.39, 0.29) is 0 Å². The number of hydrogen-bond acceptors (Lipinski definition) is 4. The van der Waals surface area contributed by atoms with Gasteiger partial charge in [-0.2, -0.15) is 0 Å². The molecule has 2 rings (SSSR count). The van der Waals surface area contributed by atoms with Gasteiger partial charge in [0.25, 0.3) is 0 Å². The smallest absolute Gasteiger partial charge is 0.138 e. The average molecular weight is 312 g/mol. The molecule has 0 amide bonds. The van der Waals surface area contributed by atoms with Gasteiger partial charge in [-0.05, 0) is 24.6 Å². The largest absolute Gasteiger partial charge is 0.486 e. The third-order valence-corrected chi connectivity index (χ3v) is 4.37. The number of aliphatic hydroxyl groups is 1. The van der Waals surface area contributed by atoms with Gasteiger partial charge in [0.15, 0.2) is 0 Å². The van der Waals surface area contributed by atoms with Crippen LogP contribution in [0.15, 0.2) is 23.6 Å². The molecule has 0 aliphatic heterocycles. The standard InChI is InChI=1S/C15H18ClNO2S/c1-9(2)15-17-12(8-20-15)7-19-14-5-4-11(10(3)18)6-13(14)16/h4-6,8-10,18H,7H2,1-3H3. The number of halogens is 1. The SMILES string of the molecule is CC(C)c1nc(COc2ccc(C(C)O)cc2Cl)cs1. The zero-order valence-corrected chi connectivity index (χ0v) is 13.3. The summed E-state index contributed by atoms with van der Waals surface area (Å²) in [7, 11) is 0. The van der Waals surface area contributed by atoms with Crippen LogP contribution in [-0.2, 0) is 6.61 Å². The van der Waals surface area contributed by atoms with Crippen LogP contribution in [0, 0.1) is 0 Å². The minimum absolute atomic E-state index is 0.400. The first-order chi connectivity index (χ1) is 9.47. The quantitative estimate of drug-likeness (QED) is 0.880. The van der Waals surface area contributed by atoms with Crippen molar-refractivity contribution in [2.75, 3.05) is 0 Å². The summed E-state index contributed by atoms with van der Waals surface area (Å²) in [6, 6.07) is 5.31. The summed E-state index contributed by atoms with van der Waals surface area (Å²) in [4.78, 5) is 4.51. The van der Waals surface area contributed by atoms with E-state index in [4.69, 9.17) is 16.3 Å². The molecular weight excluding hydrogens is 294 g/mol. The van der Waals surface area contributed by atoms with Crippen molar-refractivity contribution < 1.29 is 9.84 Å². The third kappa shape index (κ3) is 3.72. The van der Waals surface area contributed by atoms with Crippen molar-refractivity contribution in [3.05, 3.63) is 44.9 Å². The molecule has 0 aliphatic rings. The van der Waals surface area contributed by atoms with E-state index in [1.54, 1.807) is 30.4 Å². The molecule has 0 saturated heterocycles. The van der Waals surface area contributed by atoms with Crippen molar-refractivity contribution in [3.8, 4) is 5.75 Å². The van der Waals surface area contributed by atoms with E-state index in [9.17, 15) is 5.11 Å².